The summed E-state index contributed by atoms with van der Waals surface area (Å²) in [5.74, 6) is 1.07. The second-order valence-corrected chi connectivity index (χ2v) is 7.20. The molecule has 6 heteroatoms. The quantitative estimate of drug-likeness (QED) is 0.292. The van der Waals surface area contributed by atoms with Crippen molar-refractivity contribution in [3.63, 3.8) is 0 Å². The zero-order valence-corrected chi connectivity index (χ0v) is 16.9. The molecule has 0 aliphatic heterocycles. The van der Waals surface area contributed by atoms with Gasteiger partial charge < -0.3 is 9.26 Å². The number of carbonyl (C=O) groups is 1. The number of carbonyl (C=O) groups excluding carboxylic acids is 1. The fourth-order valence-corrected chi connectivity index (χ4v) is 3.15. The summed E-state index contributed by atoms with van der Waals surface area (Å²) in [6, 6.07) is 24.8. The van der Waals surface area contributed by atoms with Gasteiger partial charge in [0, 0.05) is 23.4 Å². The Morgan fingerprint density at radius 2 is 1.67 bits per heavy atom. The molecular formula is C24H19ClN2O3. The molecule has 0 radical (unpaired) electrons. The van der Waals surface area contributed by atoms with Crippen LogP contribution in [0.15, 0.2) is 83.4 Å². The van der Waals surface area contributed by atoms with Crippen LogP contribution in [0.1, 0.15) is 23.4 Å². The number of esters is 1. The Labute approximate surface area is 179 Å². The molecule has 0 saturated carbocycles. The highest BCUT2D eigenvalue weighted by Gasteiger charge is 2.13. The van der Waals surface area contributed by atoms with Gasteiger partial charge in [-0.05, 0) is 41.5 Å². The maximum Gasteiger partial charge on any atom is 0.311 e. The molecule has 0 bridgehead atoms. The molecular weight excluding hydrogens is 400 g/mol. The highest BCUT2D eigenvalue weighted by atomic mass is 35.5. The molecule has 0 fully saturated rings. The summed E-state index contributed by atoms with van der Waals surface area (Å²) in [7, 11) is 0. The van der Waals surface area contributed by atoms with Gasteiger partial charge in [-0.3, -0.25) is 4.79 Å². The van der Waals surface area contributed by atoms with Crippen LogP contribution in [0.3, 0.4) is 0 Å². The molecule has 0 saturated heterocycles. The van der Waals surface area contributed by atoms with E-state index in [1.165, 1.54) is 0 Å². The number of ether oxygens (including phenoxy) is 1. The summed E-state index contributed by atoms with van der Waals surface area (Å²) in [5.41, 5.74) is 2.91. The van der Waals surface area contributed by atoms with Crippen LogP contribution in [0.25, 0.3) is 11.4 Å². The zero-order chi connectivity index (χ0) is 20.8. The highest BCUT2D eigenvalue weighted by molar-refractivity contribution is 6.30. The summed E-state index contributed by atoms with van der Waals surface area (Å²) in [4.78, 5) is 16.7. The molecule has 4 aromatic rings. The largest absolute Gasteiger partial charge is 0.426 e. The van der Waals surface area contributed by atoms with Crippen molar-refractivity contribution in [3.05, 3.63) is 101 Å². The van der Waals surface area contributed by atoms with Gasteiger partial charge in [0.1, 0.15) is 5.75 Å². The summed E-state index contributed by atoms with van der Waals surface area (Å²) >= 11 is 5.90. The standard InChI is InChI=1S/C24H19ClN2O3/c25-20-12-10-18(11-13-20)24-26-22(30-27-24)14-15-23(28)29-21-9-5-4-8-19(21)16-17-6-2-1-3-7-17/h1-13H,14-16H2. The third kappa shape index (κ3) is 5.13. The van der Waals surface area contributed by atoms with E-state index in [2.05, 4.69) is 10.1 Å². The lowest BCUT2D eigenvalue weighted by molar-refractivity contribution is -0.134. The topological polar surface area (TPSA) is 65.2 Å². The van der Waals surface area contributed by atoms with Crippen LogP contribution in [0.5, 0.6) is 5.75 Å². The van der Waals surface area contributed by atoms with Crippen molar-refractivity contribution in [3.8, 4) is 17.1 Å². The van der Waals surface area contributed by atoms with Gasteiger partial charge in [-0.1, -0.05) is 65.3 Å². The minimum absolute atomic E-state index is 0.141. The van der Waals surface area contributed by atoms with Crippen molar-refractivity contribution in [1.82, 2.24) is 10.1 Å². The van der Waals surface area contributed by atoms with Gasteiger partial charge in [-0.2, -0.15) is 4.98 Å². The number of aromatic nitrogens is 2. The van der Waals surface area contributed by atoms with E-state index in [9.17, 15) is 4.79 Å². The molecule has 0 aliphatic rings. The Morgan fingerprint density at radius 1 is 0.933 bits per heavy atom. The molecule has 5 nitrogen and oxygen atoms in total. The molecule has 150 valence electrons. The normalized spacial score (nSPS) is 10.7. The zero-order valence-electron chi connectivity index (χ0n) is 16.1. The van der Waals surface area contributed by atoms with Crippen molar-refractivity contribution >= 4 is 17.6 Å². The number of para-hydroxylation sites is 1. The lowest BCUT2D eigenvalue weighted by atomic mass is 10.0. The number of benzene rings is 3. The Morgan fingerprint density at radius 3 is 2.47 bits per heavy atom. The Bertz CT molecular complexity index is 1120. The van der Waals surface area contributed by atoms with E-state index in [1.54, 1.807) is 12.1 Å². The van der Waals surface area contributed by atoms with Crippen LogP contribution in [0.4, 0.5) is 0 Å². The lowest BCUT2D eigenvalue weighted by Crippen LogP contribution is -2.10. The van der Waals surface area contributed by atoms with E-state index >= 15 is 0 Å². The first kappa shape index (κ1) is 19.9. The Kier molecular flexibility index (Phi) is 6.20. The number of nitrogens with zero attached hydrogens (tertiary/aromatic N) is 2. The molecule has 0 N–H and O–H groups in total. The molecule has 0 aliphatic carbocycles. The predicted molar refractivity (Wildman–Crippen MR) is 114 cm³/mol. The molecule has 3 aromatic carbocycles. The van der Waals surface area contributed by atoms with Crippen molar-refractivity contribution in [2.45, 2.75) is 19.3 Å². The minimum Gasteiger partial charge on any atom is -0.426 e. The van der Waals surface area contributed by atoms with Gasteiger partial charge >= 0.3 is 5.97 Å². The summed E-state index contributed by atoms with van der Waals surface area (Å²) < 4.78 is 10.9. The highest BCUT2D eigenvalue weighted by Crippen LogP contribution is 2.23. The molecule has 0 unspecified atom stereocenters. The first-order valence-electron chi connectivity index (χ1n) is 9.58. The number of halogens is 1. The summed E-state index contributed by atoms with van der Waals surface area (Å²) in [6.45, 7) is 0. The number of hydrogen-bond acceptors (Lipinski definition) is 5. The molecule has 0 amide bonds. The van der Waals surface area contributed by atoms with Crippen molar-refractivity contribution in [1.29, 1.82) is 0 Å². The van der Waals surface area contributed by atoms with E-state index in [0.29, 0.717) is 35.3 Å². The molecule has 30 heavy (non-hydrogen) atoms. The van der Waals surface area contributed by atoms with Gasteiger partial charge in [-0.25, -0.2) is 0 Å². The predicted octanol–water partition coefficient (Wildman–Crippen LogP) is 5.52. The van der Waals surface area contributed by atoms with Gasteiger partial charge in [0.2, 0.25) is 11.7 Å². The van der Waals surface area contributed by atoms with Crippen molar-refractivity contribution in [2.75, 3.05) is 0 Å². The van der Waals surface area contributed by atoms with Gasteiger partial charge in [0.05, 0.1) is 6.42 Å². The lowest BCUT2D eigenvalue weighted by Gasteiger charge is -2.10. The molecule has 1 heterocycles. The maximum atomic E-state index is 12.4. The SMILES string of the molecule is O=C(CCc1nc(-c2ccc(Cl)cc2)no1)Oc1ccccc1Cc1ccccc1. The van der Waals surface area contributed by atoms with Crippen molar-refractivity contribution < 1.29 is 14.1 Å². The molecule has 0 atom stereocenters. The minimum atomic E-state index is -0.346. The van der Waals surface area contributed by atoms with E-state index in [-0.39, 0.29) is 12.4 Å². The van der Waals surface area contributed by atoms with Crippen LogP contribution in [0, 0.1) is 0 Å². The maximum absolute atomic E-state index is 12.4. The molecule has 1 aromatic heterocycles. The van der Waals surface area contributed by atoms with E-state index in [4.69, 9.17) is 20.9 Å². The number of rotatable bonds is 7. The summed E-state index contributed by atoms with van der Waals surface area (Å²) in [6.07, 6.45) is 1.14. The van der Waals surface area contributed by atoms with Crippen LogP contribution < -0.4 is 4.74 Å². The first-order chi connectivity index (χ1) is 14.7. The molecule has 0 spiro atoms. The average Bonchev–Trinajstić information content (AvgIpc) is 3.24. The van der Waals surface area contributed by atoms with Crippen LogP contribution >= 0.6 is 11.6 Å². The van der Waals surface area contributed by atoms with Crippen LogP contribution in [-0.2, 0) is 17.6 Å². The summed E-state index contributed by atoms with van der Waals surface area (Å²) in [5, 5.41) is 4.59. The second-order valence-electron chi connectivity index (χ2n) is 6.76. The van der Waals surface area contributed by atoms with Crippen LogP contribution in [0.2, 0.25) is 5.02 Å². The number of hydrogen-bond donors (Lipinski definition) is 0. The molecule has 4 rings (SSSR count). The van der Waals surface area contributed by atoms with Crippen LogP contribution in [-0.4, -0.2) is 16.1 Å². The van der Waals surface area contributed by atoms with E-state index < -0.39 is 0 Å². The Hall–Kier alpha value is -3.44. The fraction of sp³-hybridized carbons (Fsp3) is 0.125. The van der Waals surface area contributed by atoms with Gasteiger partial charge in [0.15, 0.2) is 0 Å². The van der Waals surface area contributed by atoms with E-state index in [1.807, 2.05) is 66.7 Å². The fourth-order valence-electron chi connectivity index (χ4n) is 3.02. The van der Waals surface area contributed by atoms with Gasteiger partial charge in [0.25, 0.3) is 0 Å². The van der Waals surface area contributed by atoms with E-state index in [0.717, 1.165) is 16.7 Å². The first-order valence-corrected chi connectivity index (χ1v) is 9.96. The third-order valence-corrected chi connectivity index (χ3v) is 4.80. The Balaban J connectivity index is 1.36. The third-order valence-electron chi connectivity index (χ3n) is 4.55. The smallest absolute Gasteiger partial charge is 0.311 e. The monoisotopic (exact) mass is 418 g/mol. The average molecular weight is 419 g/mol. The number of aryl methyl sites for hydroxylation is 1. The van der Waals surface area contributed by atoms with Crippen molar-refractivity contribution in [2.24, 2.45) is 0 Å². The second kappa shape index (κ2) is 9.37. The van der Waals surface area contributed by atoms with Gasteiger partial charge in [-0.15, -0.1) is 0 Å².